The lowest BCUT2D eigenvalue weighted by molar-refractivity contribution is -0.139. The monoisotopic (exact) mass is 1760 g/mol. The van der Waals surface area contributed by atoms with Gasteiger partial charge in [0.2, 0.25) is 100 Å². The molecule has 45 heteroatoms. The van der Waals surface area contributed by atoms with Crippen molar-refractivity contribution < 1.29 is 102 Å². The van der Waals surface area contributed by atoms with Crippen molar-refractivity contribution in [2.24, 2.45) is 22.9 Å². The Kier molecular flexibility index (Phi) is 39.7. The molecule has 2 aromatic heterocycles. The SMILES string of the molecule is CC(=O)N[C@@H](CS)C(=O)N[C@@H](CCC(N)=O)C(=O)N[C@H](C(=O)N[C@@H](Cc1c[nH]c2ccccc12)C(=O)N[C@@H](CCC(N)=O)C(=O)N[C@@H](CS)C(=O)N[C@@H](Cc1ccc(O)cc1)C(=O)N[C@@H](Cc1c[nH]c2ccccc12)C(=O)N[C@@H](CCCNC(=N)N)C(=O)N[C@@H](CCC(=O)O)C(=O)N[C@@H](Cc1ccccc1)C(=O)NCC(=O)NCC(=O)NCC(N)=O)[C@@H](C)O. The van der Waals surface area contributed by atoms with Gasteiger partial charge in [-0.15, -0.1) is 0 Å². The molecular weight excluding hydrogens is 1660 g/mol. The quantitative estimate of drug-likeness (QED) is 0.00731. The number of hydrogen-bond donors (Lipinski definition) is 27. The van der Waals surface area contributed by atoms with Crippen LogP contribution in [0.25, 0.3) is 21.8 Å². The van der Waals surface area contributed by atoms with Crippen LogP contribution >= 0.6 is 25.3 Å². The standard InChI is InChI=1S/C79H104N22O21S2/c1-40(102)67(101-72(116)53(23-26-62(81)106)95-76(120)59(38-123)91-41(2)103)78(122)99-58(32-45-34-87-50-16-9-7-14-48(45)50)75(119)94-52(22-25-61(80)105)71(115)100-60(39-124)77(121)97-56(30-43-18-20-46(104)21-19-43)73(117)98-57(31-44-33-86-49-15-8-6-13-47(44)49)74(118)92-51(17-10-28-85-79(83)84)69(113)93-54(24-27-66(110)111)70(114)96-55(29-42-11-4-3-5-12-42)68(112)90-37-65(109)89-36-64(108)88-35-63(82)107/h3-9,11-16,18-21,33-34,40,51-60,67,86-87,102,104,123-124H,10,17,22-32,35-39H2,1-2H3,(H2,80,105)(H2,81,106)(H2,82,107)(H,88,108)(H,89,109)(H,90,112)(H,91,103)(H,92,118)(H,93,113)(H,94,119)(H,95,120)(H,96,114)(H,97,121)(H,98,117)(H,99,122)(H,100,115)(H,101,116)(H,110,111)(H4,83,84,85)/t40-,51+,52+,53+,54+,55+,56+,57+,58+,59+,60+,67+/m1/s1. The van der Waals surface area contributed by atoms with Gasteiger partial charge in [-0.05, 0) is 85.5 Å². The Morgan fingerprint density at radius 3 is 1.19 bits per heavy atom. The summed E-state index contributed by atoms with van der Waals surface area (Å²) in [6.07, 6.45) is -3.93. The fourth-order valence-electron chi connectivity index (χ4n) is 12.6. The normalized spacial score (nSPS) is 13.9. The van der Waals surface area contributed by atoms with Crippen LogP contribution in [0.4, 0.5) is 0 Å². The molecule has 0 radical (unpaired) electrons. The van der Waals surface area contributed by atoms with Crippen molar-refractivity contribution in [2.75, 3.05) is 37.7 Å². The molecule has 0 saturated heterocycles. The number of carbonyl (C=O) groups is 18. The molecule has 0 fully saturated rings. The smallest absolute Gasteiger partial charge is 0.303 e. The van der Waals surface area contributed by atoms with E-state index < -0.39 is 255 Å². The van der Waals surface area contributed by atoms with Crippen molar-refractivity contribution in [1.29, 1.82) is 5.41 Å². The lowest BCUT2D eigenvalue weighted by Gasteiger charge is -2.29. The summed E-state index contributed by atoms with van der Waals surface area (Å²) in [6.45, 7) is 0.270. The number of aromatic hydroxyl groups is 1. The third-order valence-electron chi connectivity index (χ3n) is 19.0. The number of fused-ring (bicyclic) bond motifs is 2. The Balaban J connectivity index is 1.30. The van der Waals surface area contributed by atoms with Crippen LogP contribution in [0.5, 0.6) is 5.75 Å². The fraction of sp³-hybridized carbons (Fsp3) is 0.405. The number of primary amides is 3. The molecule has 29 N–H and O–H groups in total. The largest absolute Gasteiger partial charge is 0.508 e. The number of nitrogens with one attached hydrogen (secondary N) is 18. The van der Waals surface area contributed by atoms with Gasteiger partial charge in [0.15, 0.2) is 5.96 Å². The van der Waals surface area contributed by atoms with E-state index in [-0.39, 0.29) is 50.2 Å². The fourth-order valence-corrected chi connectivity index (χ4v) is 13.1. The second-order valence-electron chi connectivity index (χ2n) is 28.7. The summed E-state index contributed by atoms with van der Waals surface area (Å²) in [5.41, 5.74) is 24.3. The molecule has 43 nitrogen and oxygen atoms in total. The van der Waals surface area contributed by atoms with Crippen molar-refractivity contribution in [3.63, 3.8) is 0 Å². The molecule has 6 aromatic rings. The molecule has 12 atom stereocenters. The highest BCUT2D eigenvalue weighted by Crippen LogP contribution is 2.23. The van der Waals surface area contributed by atoms with E-state index in [4.69, 9.17) is 28.3 Å². The number of guanidine groups is 1. The number of aromatic amines is 2. The molecule has 6 rings (SSSR count). The molecule has 0 aliphatic carbocycles. The topological polar surface area (TPSA) is 708 Å². The molecule has 0 aliphatic heterocycles. The van der Waals surface area contributed by atoms with E-state index in [0.717, 1.165) is 13.8 Å². The molecule has 2 heterocycles. The maximum Gasteiger partial charge on any atom is 0.303 e. The Labute approximate surface area is 720 Å². The lowest BCUT2D eigenvalue weighted by atomic mass is 10.0. The molecule has 124 heavy (non-hydrogen) atoms. The number of aliphatic hydroxyl groups is 1. The van der Waals surface area contributed by atoms with Gasteiger partial charge in [0.25, 0.3) is 0 Å². The van der Waals surface area contributed by atoms with Gasteiger partial charge in [0.1, 0.15) is 72.2 Å². The summed E-state index contributed by atoms with van der Waals surface area (Å²) in [7, 11) is 0. The molecule has 0 aliphatic rings. The Hall–Kier alpha value is -13.8. The van der Waals surface area contributed by atoms with E-state index in [2.05, 4.69) is 115 Å². The zero-order valence-corrected chi connectivity index (χ0v) is 69.3. The number of para-hydroxylation sites is 2. The Bertz CT molecular complexity index is 4820. The number of benzene rings is 4. The van der Waals surface area contributed by atoms with Crippen LogP contribution in [0.3, 0.4) is 0 Å². The van der Waals surface area contributed by atoms with Crippen LogP contribution in [-0.4, -0.2) is 248 Å². The number of aliphatic hydroxyl groups excluding tert-OH is 1. The van der Waals surface area contributed by atoms with Crippen molar-refractivity contribution >= 4 is 159 Å². The molecule has 0 unspecified atom stereocenters. The van der Waals surface area contributed by atoms with E-state index in [1.54, 1.807) is 85.1 Å². The summed E-state index contributed by atoms with van der Waals surface area (Å²) >= 11 is 8.46. The number of aliphatic carboxylic acids is 1. The number of carbonyl (C=O) groups excluding carboxylic acids is 17. The molecule has 0 saturated carbocycles. The average Bonchev–Trinajstić information content (AvgIpc) is 1.62. The maximum absolute atomic E-state index is 15.3. The van der Waals surface area contributed by atoms with Gasteiger partial charge in [0, 0.05) is 104 Å². The number of hydrogen-bond acceptors (Lipinski definition) is 23. The highest BCUT2D eigenvalue weighted by Gasteiger charge is 2.39. The van der Waals surface area contributed by atoms with Gasteiger partial charge in [-0.2, -0.15) is 25.3 Å². The van der Waals surface area contributed by atoms with Gasteiger partial charge in [-0.25, -0.2) is 0 Å². The van der Waals surface area contributed by atoms with Crippen molar-refractivity contribution in [3.8, 4) is 5.75 Å². The zero-order chi connectivity index (χ0) is 91.3. The molecule has 17 amide bonds. The van der Waals surface area contributed by atoms with Gasteiger partial charge < -0.3 is 128 Å². The summed E-state index contributed by atoms with van der Waals surface area (Å²) in [6, 6.07) is 8.48. The number of nitrogens with two attached hydrogens (primary N) is 4. The first kappa shape index (κ1) is 99.0. The molecule has 4 aromatic carbocycles. The second kappa shape index (κ2) is 49.8. The molecule has 0 spiro atoms. The lowest BCUT2D eigenvalue weighted by Crippen LogP contribution is -2.62. The Morgan fingerprint density at radius 1 is 0.395 bits per heavy atom. The number of amides is 17. The van der Waals surface area contributed by atoms with Crippen LogP contribution in [0, 0.1) is 5.41 Å². The second-order valence-corrected chi connectivity index (χ2v) is 29.5. The number of aromatic nitrogens is 2. The van der Waals surface area contributed by atoms with E-state index in [1.165, 1.54) is 30.5 Å². The highest BCUT2D eigenvalue weighted by molar-refractivity contribution is 7.80. The van der Waals surface area contributed by atoms with Crippen molar-refractivity contribution in [1.82, 2.24) is 89.7 Å². The third kappa shape index (κ3) is 33.3. The average molecular weight is 1760 g/mol. The van der Waals surface area contributed by atoms with E-state index in [1.807, 2.05) is 0 Å². The highest BCUT2D eigenvalue weighted by atomic mass is 32.1. The number of thiol groups is 2. The minimum atomic E-state index is -1.93. The van der Waals surface area contributed by atoms with Crippen molar-refractivity contribution in [3.05, 3.63) is 138 Å². The number of phenols is 1. The van der Waals surface area contributed by atoms with E-state index in [0.29, 0.717) is 44.1 Å². The predicted molar refractivity (Wildman–Crippen MR) is 453 cm³/mol. The first-order valence-corrected chi connectivity index (χ1v) is 40.3. The van der Waals surface area contributed by atoms with Gasteiger partial charge in [0.05, 0.1) is 25.7 Å². The maximum atomic E-state index is 15.3. The van der Waals surface area contributed by atoms with Crippen LogP contribution in [0.15, 0.2) is 116 Å². The number of H-pyrrole nitrogens is 2. The molecule has 668 valence electrons. The minimum absolute atomic E-state index is 0.0494. The predicted octanol–water partition coefficient (Wildman–Crippen LogP) is -6.29. The Morgan fingerprint density at radius 2 is 0.758 bits per heavy atom. The summed E-state index contributed by atoms with van der Waals surface area (Å²) in [5, 5.41) is 77.0. The molecular formula is C79H104N22O21S2. The van der Waals surface area contributed by atoms with Crippen LogP contribution in [0.1, 0.15) is 87.5 Å². The summed E-state index contributed by atoms with van der Waals surface area (Å²) in [5.74, 6) is -20.0. The van der Waals surface area contributed by atoms with E-state index in [9.17, 15) is 92.0 Å². The van der Waals surface area contributed by atoms with Gasteiger partial charge in [-0.3, -0.25) is 91.7 Å². The zero-order valence-electron chi connectivity index (χ0n) is 67.5. The van der Waals surface area contributed by atoms with Crippen LogP contribution in [-0.2, 0) is 112 Å². The number of rotatable bonds is 52. The molecule has 0 bridgehead atoms. The van der Waals surface area contributed by atoms with Gasteiger partial charge >= 0.3 is 5.97 Å². The summed E-state index contributed by atoms with van der Waals surface area (Å²) in [4.78, 5) is 251. The van der Waals surface area contributed by atoms with E-state index >= 15 is 9.59 Å². The number of carboxylic acid groups (broad SMARTS) is 1. The number of carboxylic acids is 1. The van der Waals surface area contributed by atoms with Crippen molar-refractivity contribution in [2.45, 2.75) is 163 Å². The van der Waals surface area contributed by atoms with Crippen LogP contribution in [0.2, 0.25) is 0 Å². The third-order valence-corrected chi connectivity index (χ3v) is 19.7. The van der Waals surface area contributed by atoms with Crippen LogP contribution < -0.4 is 103 Å². The first-order valence-electron chi connectivity index (χ1n) is 39.0. The first-order chi connectivity index (χ1) is 58.9. The van der Waals surface area contributed by atoms with Gasteiger partial charge in [-0.1, -0.05) is 78.9 Å². The minimum Gasteiger partial charge on any atom is -0.508 e. The summed E-state index contributed by atoms with van der Waals surface area (Å²) < 4.78 is 0. The number of phenolic OH excluding ortho intramolecular Hbond substituents is 1.